The van der Waals surface area contributed by atoms with E-state index in [0.717, 1.165) is 25.7 Å². The smallest absolute Gasteiger partial charge is 0.207 e. The van der Waals surface area contributed by atoms with Crippen LogP contribution in [0.25, 0.3) is 0 Å². The van der Waals surface area contributed by atoms with Crippen molar-refractivity contribution in [2.45, 2.75) is 37.5 Å². The Bertz CT molecular complexity index is 520. The van der Waals surface area contributed by atoms with Crippen LogP contribution >= 0.6 is 0 Å². The van der Waals surface area contributed by atoms with E-state index >= 15 is 0 Å². The molecular weight excluding hydrogens is 253 g/mol. The third kappa shape index (κ3) is 2.72. The molecule has 0 unspecified atom stereocenters. The molecule has 1 aliphatic rings. The topological polar surface area (TPSA) is 37.4 Å². The monoisotopic (exact) mass is 271 g/mol. The van der Waals surface area contributed by atoms with Crippen molar-refractivity contribution in [1.29, 1.82) is 0 Å². The largest absolute Gasteiger partial charge is 0.243 e. The quantitative estimate of drug-likeness (QED) is 0.829. The van der Waals surface area contributed by atoms with Gasteiger partial charge in [0.25, 0.3) is 0 Å². The molecule has 1 aromatic carbocycles. The number of aryl methyl sites for hydroxylation is 1. The Labute approximate surface area is 108 Å². The average Bonchev–Trinajstić information content (AvgIpc) is 2.57. The summed E-state index contributed by atoms with van der Waals surface area (Å²) in [5.74, 6) is -0.401. The molecule has 0 N–H and O–H groups in total. The van der Waals surface area contributed by atoms with Gasteiger partial charge >= 0.3 is 0 Å². The molecule has 0 aromatic heterocycles. The van der Waals surface area contributed by atoms with Gasteiger partial charge in [-0.25, -0.2) is 12.8 Å². The molecule has 0 radical (unpaired) electrons. The molecule has 1 aromatic rings. The van der Waals surface area contributed by atoms with Crippen LogP contribution in [-0.4, -0.2) is 25.8 Å². The summed E-state index contributed by atoms with van der Waals surface area (Å²) >= 11 is 0. The van der Waals surface area contributed by atoms with Crippen LogP contribution in [0, 0.1) is 12.7 Å². The van der Waals surface area contributed by atoms with E-state index in [4.69, 9.17) is 0 Å². The maximum absolute atomic E-state index is 13.0. The van der Waals surface area contributed by atoms with Gasteiger partial charge in [0.1, 0.15) is 5.82 Å². The van der Waals surface area contributed by atoms with Gasteiger partial charge in [-0.2, -0.15) is 4.31 Å². The number of halogens is 1. The second-order valence-electron chi connectivity index (χ2n) is 4.73. The highest BCUT2D eigenvalue weighted by Crippen LogP contribution is 2.23. The Hall–Kier alpha value is -0.940. The maximum atomic E-state index is 13.0. The van der Waals surface area contributed by atoms with E-state index < -0.39 is 15.8 Å². The summed E-state index contributed by atoms with van der Waals surface area (Å²) < 4.78 is 39.5. The van der Waals surface area contributed by atoms with Gasteiger partial charge in [0.2, 0.25) is 10.0 Å². The van der Waals surface area contributed by atoms with Gasteiger partial charge in [0.05, 0.1) is 4.90 Å². The molecule has 100 valence electrons. The standard InChI is InChI=1S/C13H18FNO2S/c1-11-10-12(14)6-7-13(11)18(16,17)15-8-4-2-3-5-9-15/h6-7,10H,2-5,8-9H2,1H3. The van der Waals surface area contributed by atoms with Crippen molar-refractivity contribution in [2.24, 2.45) is 0 Å². The van der Waals surface area contributed by atoms with E-state index in [1.165, 1.54) is 22.5 Å². The van der Waals surface area contributed by atoms with E-state index in [0.29, 0.717) is 18.7 Å². The summed E-state index contributed by atoms with van der Waals surface area (Å²) in [4.78, 5) is 0.228. The van der Waals surface area contributed by atoms with Gasteiger partial charge in [0, 0.05) is 13.1 Å². The lowest BCUT2D eigenvalue weighted by Gasteiger charge is -2.21. The van der Waals surface area contributed by atoms with Crippen molar-refractivity contribution >= 4 is 10.0 Å². The number of sulfonamides is 1. The van der Waals surface area contributed by atoms with Crippen molar-refractivity contribution < 1.29 is 12.8 Å². The van der Waals surface area contributed by atoms with E-state index in [-0.39, 0.29) is 4.90 Å². The molecule has 1 aliphatic heterocycles. The molecular formula is C13H18FNO2S. The molecule has 0 aliphatic carbocycles. The van der Waals surface area contributed by atoms with Gasteiger partial charge in [-0.3, -0.25) is 0 Å². The fourth-order valence-electron chi connectivity index (χ4n) is 2.32. The van der Waals surface area contributed by atoms with Crippen LogP contribution in [0.2, 0.25) is 0 Å². The Kier molecular flexibility index (Phi) is 4.02. The maximum Gasteiger partial charge on any atom is 0.243 e. The second kappa shape index (κ2) is 5.36. The highest BCUT2D eigenvalue weighted by molar-refractivity contribution is 7.89. The summed E-state index contributed by atoms with van der Waals surface area (Å²) in [7, 11) is -3.47. The zero-order valence-electron chi connectivity index (χ0n) is 10.5. The molecule has 2 rings (SSSR count). The molecule has 0 spiro atoms. The van der Waals surface area contributed by atoms with E-state index in [1.807, 2.05) is 0 Å². The Morgan fingerprint density at radius 1 is 1.11 bits per heavy atom. The lowest BCUT2D eigenvalue weighted by Crippen LogP contribution is -2.32. The van der Waals surface area contributed by atoms with Crippen molar-refractivity contribution in [3.63, 3.8) is 0 Å². The van der Waals surface area contributed by atoms with Crippen molar-refractivity contribution in [2.75, 3.05) is 13.1 Å². The first kappa shape index (κ1) is 13.5. The molecule has 0 bridgehead atoms. The van der Waals surface area contributed by atoms with Gasteiger partial charge in [0.15, 0.2) is 0 Å². The third-order valence-corrected chi connectivity index (χ3v) is 5.38. The van der Waals surface area contributed by atoms with Crippen LogP contribution < -0.4 is 0 Å². The Morgan fingerprint density at radius 3 is 2.28 bits per heavy atom. The van der Waals surface area contributed by atoms with Gasteiger partial charge < -0.3 is 0 Å². The highest BCUT2D eigenvalue weighted by Gasteiger charge is 2.26. The fraction of sp³-hybridized carbons (Fsp3) is 0.538. The van der Waals surface area contributed by atoms with E-state index in [2.05, 4.69) is 0 Å². The summed E-state index contributed by atoms with van der Waals surface area (Å²) in [6, 6.07) is 3.84. The van der Waals surface area contributed by atoms with Crippen molar-refractivity contribution in [1.82, 2.24) is 4.31 Å². The van der Waals surface area contributed by atoms with Crippen LogP contribution in [-0.2, 0) is 10.0 Å². The molecule has 0 saturated carbocycles. The minimum absolute atomic E-state index is 0.228. The lowest BCUT2D eigenvalue weighted by molar-refractivity contribution is 0.423. The number of nitrogens with zero attached hydrogens (tertiary/aromatic N) is 1. The Morgan fingerprint density at radius 2 is 1.72 bits per heavy atom. The van der Waals surface area contributed by atoms with Crippen LogP contribution in [0.4, 0.5) is 4.39 Å². The van der Waals surface area contributed by atoms with Gasteiger partial charge in [-0.1, -0.05) is 12.8 Å². The molecule has 0 amide bonds. The zero-order chi connectivity index (χ0) is 13.2. The zero-order valence-corrected chi connectivity index (χ0v) is 11.3. The predicted molar refractivity (Wildman–Crippen MR) is 68.4 cm³/mol. The SMILES string of the molecule is Cc1cc(F)ccc1S(=O)(=O)N1CCCCCC1. The summed E-state index contributed by atoms with van der Waals surface area (Å²) in [5.41, 5.74) is 0.472. The Balaban J connectivity index is 2.34. The third-order valence-electron chi connectivity index (χ3n) is 3.32. The van der Waals surface area contributed by atoms with Crippen molar-refractivity contribution in [3.8, 4) is 0 Å². The first-order chi connectivity index (χ1) is 8.51. The first-order valence-electron chi connectivity index (χ1n) is 6.28. The molecule has 3 nitrogen and oxygen atoms in total. The summed E-state index contributed by atoms with van der Waals surface area (Å²) in [5, 5.41) is 0. The molecule has 5 heteroatoms. The van der Waals surface area contributed by atoms with Gasteiger partial charge in [-0.15, -0.1) is 0 Å². The minimum Gasteiger partial charge on any atom is -0.207 e. The highest BCUT2D eigenvalue weighted by atomic mass is 32.2. The van der Waals surface area contributed by atoms with Crippen LogP contribution in [0.1, 0.15) is 31.2 Å². The molecule has 1 heterocycles. The second-order valence-corrected chi connectivity index (χ2v) is 6.63. The van der Waals surface area contributed by atoms with E-state index in [9.17, 15) is 12.8 Å². The number of hydrogen-bond donors (Lipinski definition) is 0. The molecule has 18 heavy (non-hydrogen) atoms. The van der Waals surface area contributed by atoms with Crippen LogP contribution in [0.5, 0.6) is 0 Å². The van der Waals surface area contributed by atoms with Crippen LogP contribution in [0.3, 0.4) is 0 Å². The van der Waals surface area contributed by atoms with Crippen molar-refractivity contribution in [3.05, 3.63) is 29.6 Å². The minimum atomic E-state index is -3.47. The number of hydrogen-bond acceptors (Lipinski definition) is 2. The molecule has 0 atom stereocenters. The lowest BCUT2D eigenvalue weighted by atomic mass is 10.2. The normalized spacial score (nSPS) is 18.6. The first-order valence-corrected chi connectivity index (χ1v) is 7.72. The predicted octanol–water partition coefficient (Wildman–Crippen LogP) is 2.70. The fourth-order valence-corrected chi connectivity index (χ4v) is 4.05. The molecule has 1 fully saturated rings. The summed E-state index contributed by atoms with van der Waals surface area (Å²) in [6.07, 6.45) is 3.96. The average molecular weight is 271 g/mol. The van der Waals surface area contributed by atoms with Gasteiger partial charge in [-0.05, 0) is 43.5 Å². The van der Waals surface area contributed by atoms with E-state index in [1.54, 1.807) is 6.92 Å². The van der Waals surface area contributed by atoms with Crippen LogP contribution in [0.15, 0.2) is 23.1 Å². The number of benzene rings is 1. The number of rotatable bonds is 2. The molecule has 1 saturated heterocycles. The summed E-state index contributed by atoms with van der Waals surface area (Å²) in [6.45, 7) is 2.77.